The molecule has 3 rings (SSSR count). The highest BCUT2D eigenvalue weighted by Crippen LogP contribution is 2.26. The molecule has 3 aromatic carbocycles. The fourth-order valence-corrected chi connectivity index (χ4v) is 2.79. The van der Waals surface area contributed by atoms with Crippen LogP contribution in [0.3, 0.4) is 0 Å². The Morgan fingerprint density at radius 3 is 1.74 bits per heavy atom. The first-order chi connectivity index (χ1) is 12.9. The summed E-state index contributed by atoms with van der Waals surface area (Å²) in [6, 6.07) is 28.1. The lowest BCUT2D eigenvalue weighted by molar-refractivity contribution is 0.00695. The van der Waals surface area contributed by atoms with Crippen LogP contribution in [0.4, 0.5) is 0 Å². The molecule has 0 saturated heterocycles. The summed E-state index contributed by atoms with van der Waals surface area (Å²) in [6.45, 7) is 5.61. The van der Waals surface area contributed by atoms with E-state index < -0.39 is 5.60 Å². The molecule has 0 aromatic heterocycles. The third-order valence-electron chi connectivity index (χ3n) is 4.03. The van der Waals surface area contributed by atoms with Gasteiger partial charge in [-0.2, -0.15) is 0 Å². The molecule has 0 saturated carbocycles. The highest BCUT2D eigenvalue weighted by molar-refractivity contribution is 5.93. The summed E-state index contributed by atoms with van der Waals surface area (Å²) < 4.78 is 5.45. The predicted octanol–water partition coefficient (Wildman–Crippen LogP) is 6.23. The third kappa shape index (κ3) is 5.18. The first-order valence-corrected chi connectivity index (χ1v) is 9.08. The lowest BCUT2D eigenvalue weighted by Gasteiger charge is -2.19. The van der Waals surface area contributed by atoms with Gasteiger partial charge in [0.2, 0.25) is 0 Å². The van der Waals surface area contributed by atoms with E-state index in [1.54, 1.807) is 0 Å². The fourth-order valence-electron chi connectivity index (χ4n) is 2.79. The summed E-state index contributed by atoms with van der Waals surface area (Å²) in [4.78, 5) is 12.3. The number of hydrogen-bond acceptors (Lipinski definition) is 2. The summed E-state index contributed by atoms with van der Waals surface area (Å²) in [5, 5.41) is 0. The van der Waals surface area contributed by atoms with Gasteiger partial charge in [0.15, 0.2) is 0 Å². The number of carbonyl (C=O) groups excluding carboxylic acids is 1. The minimum Gasteiger partial charge on any atom is -0.456 e. The van der Waals surface area contributed by atoms with E-state index in [0.717, 1.165) is 22.3 Å². The maximum Gasteiger partial charge on any atom is 0.338 e. The monoisotopic (exact) mass is 356 g/mol. The predicted molar refractivity (Wildman–Crippen MR) is 111 cm³/mol. The zero-order valence-corrected chi connectivity index (χ0v) is 16.0. The van der Waals surface area contributed by atoms with Crippen molar-refractivity contribution in [2.24, 2.45) is 0 Å². The van der Waals surface area contributed by atoms with Crippen LogP contribution < -0.4 is 0 Å². The summed E-state index contributed by atoms with van der Waals surface area (Å²) in [5.74, 6) is -0.303. The molecule has 0 radical (unpaired) electrons. The average Bonchev–Trinajstić information content (AvgIpc) is 2.66. The Hall–Kier alpha value is -3.13. The minimum absolute atomic E-state index is 0.303. The van der Waals surface area contributed by atoms with Gasteiger partial charge in [-0.15, -0.1) is 0 Å². The van der Waals surface area contributed by atoms with E-state index in [0.29, 0.717) is 5.56 Å². The van der Waals surface area contributed by atoms with Crippen LogP contribution >= 0.6 is 0 Å². The second kappa shape index (κ2) is 8.05. The number of ether oxygens (including phenoxy) is 1. The topological polar surface area (TPSA) is 26.3 Å². The van der Waals surface area contributed by atoms with Crippen molar-refractivity contribution in [3.8, 4) is 0 Å². The van der Waals surface area contributed by atoms with Crippen LogP contribution in [0.5, 0.6) is 0 Å². The van der Waals surface area contributed by atoms with Gasteiger partial charge in [0.25, 0.3) is 0 Å². The maximum atomic E-state index is 12.3. The van der Waals surface area contributed by atoms with Gasteiger partial charge in [-0.3, -0.25) is 0 Å². The molecule has 0 unspecified atom stereocenters. The van der Waals surface area contributed by atoms with Crippen molar-refractivity contribution in [1.29, 1.82) is 0 Å². The number of hydrogen-bond donors (Lipinski definition) is 0. The Morgan fingerprint density at radius 1 is 0.704 bits per heavy atom. The average molecular weight is 356 g/mol. The molecule has 0 aliphatic rings. The van der Waals surface area contributed by atoms with Crippen LogP contribution in [0.2, 0.25) is 0 Å². The van der Waals surface area contributed by atoms with Crippen molar-refractivity contribution in [3.05, 3.63) is 107 Å². The standard InChI is InChI=1S/C25H24O2/c1-25(2,3)27-24(26)22-16-14-21(15-17-22)23(20-12-8-5-9-13-20)18-19-10-6-4-7-11-19/h4-18H,1-3H3/b23-18+. The van der Waals surface area contributed by atoms with Gasteiger partial charge in [0, 0.05) is 0 Å². The van der Waals surface area contributed by atoms with Crippen molar-refractivity contribution < 1.29 is 9.53 Å². The number of carbonyl (C=O) groups is 1. The van der Waals surface area contributed by atoms with Crippen LogP contribution in [-0.2, 0) is 4.74 Å². The van der Waals surface area contributed by atoms with E-state index in [-0.39, 0.29) is 5.97 Å². The van der Waals surface area contributed by atoms with E-state index in [4.69, 9.17) is 4.74 Å². The van der Waals surface area contributed by atoms with Gasteiger partial charge in [-0.1, -0.05) is 72.8 Å². The van der Waals surface area contributed by atoms with Crippen LogP contribution in [-0.4, -0.2) is 11.6 Å². The Bertz CT molecular complexity index is 916. The normalized spacial score (nSPS) is 11.9. The molecule has 0 atom stereocenters. The van der Waals surface area contributed by atoms with E-state index in [1.807, 2.05) is 81.4 Å². The zero-order valence-electron chi connectivity index (χ0n) is 16.0. The number of rotatable bonds is 4. The van der Waals surface area contributed by atoms with Crippen molar-refractivity contribution >= 4 is 17.6 Å². The van der Waals surface area contributed by atoms with Gasteiger partial charge in [0.05, 0.1) is 5.56 Å². The Balaban J connectivity index is 1.96. The van der Waals surface area contributed by atoms with Crippen LogP contribution in [0.25, 0.3) is 11.6 Å². The highest BCUT2D eigenvalue weighted by Gasteiger charge is 2.18. The fraction of sp³-hybridized carbons (Fsp3) is 0.160. The van der Waals surface area contributed by atoms with Crippen molar-refractivity contribution in [2.75, 3.05) is 0 Å². The molecule has 0 aliphatic carbocycles. The quantitative estimate of drug-likeness (QED) is 0.409. The SMILES string of the molecule is CC(C)(C)OC(=O)c1ccc(/C(=C/c2ccccc2)c2ccccc2)cc1. The van der Waals surface area contributed by atoms with E-state index >= 15 is 0 Å². The van der Waals surface area contributed by atoms with Crippen molar-refractivity contribution in [1.82, 2.24) is 0 Å². The molecule has 27 heavy (non-hydrogen) atoms. The molecule has 3 aromatic rings. The number of benzene rings is 3. The molecule has 0 bridgehead atoms. The molecular formula is C25H24O2. The van der Waals surface area contributed by atoms with Gasteiger partial charge in [-0.25, -0.2) is 4.79 Å². The lowest BCUT2D eigenvalue weighted by Crippen LogP contribution is -2.23. The largest absolute Gasteiger partial charge is 0.456 e. The minimum atomic E-state index is -0.502. The summed E-state index contributed by atoms with van der Waals surface area (Å²) in [5.41, 5.74) is 4.48. The molecule has 2 heteroatoms. The Kier molecular flexibility index (Phi) is 5.56. The molecule has 0 spiro atoms. The van der Waals surface area contributed by atoms with E-state index in [2.05, 4.69) is 30.3 Å². The van der Waals surface area contributed by atoms with E-state index in [1.165, 1.54) is 0 Å². The number of esters is 1. The highest BCUT2D eigenvalue weighted by atomic mass is 16.6. The molecule has 0 amide bonds. The van der Waals surface area contributed by atoms with Crippen LogP contribution in [0.1, 0.15) is 47.8 Å². The Morgan fingerprint density at radius 2 is 1.19 bits per heavy atom. The summed E-state index contributed by atoms with van der Waals surface area (Å²) in [7, 11) is 0. The first kappa shape index (κ1) is 18.7. The maximum absolute atomic E-state index is 12.3. The molecule has 0 fully saturated rings. The van der Waals surface area contributed by atoms with Gasteiger partial charge in [-0.05, 0) is 61.2 Å². The van der Waals surface area contributed by atoms with Crippen molar-refractivity contribution in [2.45, 2.75) is 26.4 Å². The Labute approximate surface area is 161 Å². The molecule has 0 N–H and O–H groups in total. The molecular weight excluding hydrogens is 332 g/mol. The lowest BCUT2D eigenvalue weighted by atomic mass is 9.95. The smallest absolute Gasteiger partial charge is 0.338 e. The second-order valence-corrected chi connectivity index (χ2v) is 7.41. The van der Waals surface area contributed by atoms with Crippen LogP contribution in [0.15, 0.2) is 84.9 Å². The van der Waals surface area contributed by atoms with Gasteiger partial charge < -0.3 is 4.74 Å². The van der Waals surface area contributed by atoms with E-state index in [9.17, 15) is 4.79 Å². The van der Waals surface area contributed by atoms with Crippen LogP contribution in [0, 0.1) is 0 Å². The zero-order chi connectivity index (χ0) is 19.3. The summed E-state index contributed by atoms with van der Waals surface area (Å²) >= 11 is 0. The van der Waals surface area contributed by atoms with Gasteiger partial charge in [0.1, 0.15) is 5.60 Å². The second-order valence-electron chi connectivity index (χ2n) is 7.41. The molecule has 0 aliphatic heterocycles. The summed E-state index contributed by atoms with van der Waals surface area (Å²) in [6.07, 6.45) is 2.16. The van der Waals surface area contributed by atoms with Gasteiger partial charge >= 0.3 is 5.97 Å². The molecule has 136 valence electrons. The first-order valence-electron chi connectivity index (χ1n) is 9.08. The molecule has 0 heterocycles. The third-order valence-corrected chi connectivity index (χ3v) is 4.03. The van der Waals surface area contributed by atoms with Crippen molar-refractivity contribution in [3.63, 3.8) is 0 Å². The molecule has 2 nitrogen and oxygen atoms in total.